The molecule has 0 rings (SSSR count). The number of ketones is 2. The first-order valence-electron chi connectivity index (χ1n) is 4.10. The SMILES string of the molecule is CCC(=O)C(C)(C)C(=O)CC(=O)O. The van der Waals surface area contributed by atoms with E-state index in [4.69, 9.17) is 5.11 Å². The lowest BCUT2D eigenvalue weighted by molar-refractivity contribution is -0.145. The zero-order valence-electron chi connectivity index (χ0n) is 8.09. The maximum Gasteiger partial charge on any atom is 0.310 e. The fourth-order valence-corrected chi connectivity index (χ4v) is 0.956. The Bertz CT molecular complexity index is 240. The van der Waals surface area contributed by atoms with Crippen LogP contribution in [0.5, 0.6) is 0 Å². The smallest absolute Gasteiger partial charge is 0.310 e. The molecule has 0 atom stereocenters. The molecule has 0 radical (unpaired) electrons. The quantitative estimate of drug-likeness (QED) is 0.651. The number of carbonyl (C=O) groups is 3. The minimum absolute atomic E-state index is 0.223. The van der Waals surface area contributed by atoms with Crippen LogP contribution in [0.1, 0.15) is 33.6 Å². The molecule has 0 aromatic heterocycles. The molecular formula is C9H14O4. The number of carboxylic acids is 1. The van der Waals surface area contributed by atoms with Crippen LogP contribution in [-0.4, -0.2) is 22.6 Å². The van der Waals surface area contributed by atoms with Gasteiger partial charge in [0, 0.05) is 6.42 Å². The van der Waals surface area contributed by atoms with Gasteiger partial charge in [-0.25, -0.2) is 0 Å². The van der Waals surface area contributed by atoms with Crippen LogP contribution in [0.3, 0.4) is 0 Å². The zero-order chi connectivity index (χ0) is 10.6. The predicted molar refractivity (Wildman–Crippen MR) is 46.3 cm³/mol. The van der Waals surface area contributed by atoms with Crippen molar-refractivity contribution in [3.05, 3.63) is 0 Å². The molecule has 0 aromatic rings. The van der Waals surface area contributed by atoms with Crippen molar-refractivity contribution < 1.29 is 19.5 Å². The third kappa shape index (κ3) is 2.97. The van der Waals surface area contributed by atoms with Crippen molar-refractivity contribution in [2.45, 2.75) is 33.6 Å². The normalized spacial score (nSPS) is 11.0. The second-order valence-electron chi connectivity index (χ2n) is 3.40. The maximum atomic E-state index is 11.3. The fourth-order valence-electron chi connectivity index (χ4n) is 0.956. The Balaban J connectivity index is 4.54. The van der Waals surface area contributed by atoms with Crippen LogP contribution in [0.2, 0.25) is 0 Å². The number of hydrogen-bond donors (Lipinski definition) is 1. The number of Topliss-reactive ketones (excluding diaryl/α,β-unsaturated/α-hetero) is 2. The number of hydrogen-bond acceptors (Lipinski definition) is 3. The highest BCUT2D eigenvalue weighted by molar-refractivity contribution is 6.10. The van der Waals surface area contributed by atoms with E-state index in [9.17, 15) is 14.4 Å². The topological polar surface area (TPSA) is 71.4 Å². The first-order valence-corrected chi connectivity index (χ1v) is 4.10. The number of rotatable bonds is 5. The van der Waals surface area contributed by atoms with Crippen molar-refractivity contribution in [3.8, 4) is 0 Å². The van der Waals surface area contributed by atoms with Crippen LogP contribution in [0.15, 0.2) is 0 Å². The Hall–Kier alpha value is -1.19. The molecular weight excluding hydrogens is 172 g/mol. The summed E-state index contributed by atoms with van der Waals surface area (Å²) in [6, 6.07) is 0. The van der Waals surface area contributed by atoms with E-state index in [-0.39, 0.29) is 12.2 Å². The fraction of sp³-hybridized carbons (Fsp3) is 0.667. The Kier molecular flexibility index (Phi) is 3.78. The molecule has 0 fully saturated rings. The van der Waals surface area contributed by atoms with E-state index in [0.29, 0.717) is 0 Å². The van der Waals surface area contributed by atoms with Gasteiger partial charge in [-0.05, 0) is 13.8 Å². The van der Waals surface area contributed by atoms with Gasteiger partial charge in [0.2, 0.25) is 0 Å². The molecule has 0 spiro atoms. The Morgan fingerprint density at radius 2 is 1.62 bits per heavy atom. The summed E-state index contributed by atoms with van der Waals surface area (Å²) in [4.78, 5) is 32.8. The number of carboxylic acid groups (broad SMARTS) is 1. The molecule has 0 unspecified atom stereocenters. The molecule has 0 aliphatic rings. The van der Waals surface area contributed by atoms with Gasteiger partial charge < -0.3 is 5.11 Å². The molecule has 0 bridgehead atoms. The van der Waals surface area contributed by atoms with E-state index in [0.717, 1.165) is 0 Å². The first-order chi connectivity index (χ1) is 5.82. The highest BCUT2D eigenvalue weighted by atomic mass is 16.4. The number of aliphatic carboxylic acids is 1. The molecule has 1 N–H and O–H groups in total. The van der Waals surface area contributed by atoms with Crippen molar-refractivity contribution in [1.29, 1.82) is 0 Å². The van der Waals surface area contributed by atoms with Gasteiger partial charge in [0.1, 0.15) is 12.2 Å². The van der Waals surface area contributed by atoms with Gasteiger partial charge in [0.25, 0.3) is 0 Å². The van der Waals surface area contributed by atoms with Crippen LogP contribution < -0.4 is 0 Å². The number of carbonyl (C=O) groups excluding carboxylic acids is 2. The molecule has 0 aliphatic heterocycles. The van der Waals surface area contributed by atoms with E-state index < -0.39 is 23.6 Å². The summed E-state index contributed by atoms with van der Waals surface area (Å²) in [7, 11) is 0. The van der Waals surface area contributed by atoms with E-state index in [1.165, 1.54) is 13.8 Å². The van der Waals surface area contributed by atoms with E-state index in [1.54, 1.807) is 6.92 Å². The molecule has 0 aromatic carbocycles. The Labute approximate surface area is 76.9 Å². The summed E-state index contributed by atoms with van der Waals surface area (Å²) in [5.41, 5.74) is -1.16. The van der Waals surface area contributed by atoms with Crippen molar-refractivity contribution in [2.75, 3.05) is 0 Å². The van der Waals surface area contributed by atoms with Crippen molar-refractivity contribution in [3.63, 3.8) is 0 Å². The lowest BCUT2D eigenvalue weighted by atomic mass is 9.81. The third-order valence-electron chi connectivity index (χ3n) is 2.03. The summed E-state index contributed by atoms with van der Waals surface area (Å²) in [5.74, 6) is -1.95. The van der Waals surface area contributed by atoms with Gasteiger partial charge >= 0.3 is 5.97 Å². The van der Waals surface area contributed by atoms with Crippen LogP contribution >= 0.6 is 0 Å². The molecule has 0 heterocycles. The highest BCUT2D eigenvalue weighted by Crippen LogP contribution is 2.21. The van der Waals surface area contributed by atoms with Crippen molar-refractivity contribution in [2.24, 2.45) is 5.41 Å². The van der Waals surface area contributed by atoms with E-state index in [2.05, 4.69) is 0 Å². The van der Waals surface area contributed by atoms with Gasteiger partial charge in [-0.3, -0.25) is 14.4 Å². The molecule has 0 saturated heterocycles. The summed E-state index contributed by atoms with van der Waals surface area (Å²) < 4.78 is 0. The van der Waals surface area contributed by atoms with Gasteiger partial charge in [-0.1, -0.05) is 6.92 Å². The first kappa shape index (κ1) is 11.8. The molecule has 13 heavy (non-hydrogen) atoms. The standard InChI is InChI=1S/C9H14O4/c1-4-6(10)9(2,3)7(11)5-8(12)13/h4-5H2,1-3H3,(H,12,13). The van der Waals surface area contributed by atoms with Gasteiger partial charge in [-0.2, -0.15) is 0 Å². The summed E-state index contributed by atoms with van der Waals surface area (Å²) in [6.07, 6.45) is -0.336. The summed E-state index contributed by atoms with van der Waals surface area (Å²) in [5, 5.41) is 8.37. The Morgan fingerprint density at radius 1 is 1.15 bits per heavy atom. The predicted octanol–water partition coefficient (Wildman–Crippen LogP) is 1.04. The average molecular weight is 186 g/mol. The molecule has 0 amide bonds. The largest absolute Gasteiger partial charge is 0.481 e. The van der Waals surface area contributed by atoms with Gasteiger partial charge in [-0.15, -0.1) is 0 Å². The van der Waals surface area contributed by atoms with Crippen molar-refractivity contribution >= 4 is 17.5 Å². The van der Waals surface area contributed by atoms with Crippen LogP contribution in [0.25, 0.3) is 0 Å². The van der Waals surface area contributed by atoms with Crippen LogP contribution in [0, 0.1) is 5.41 Å². The molecule has 0 aliphatic carbocycles. The maximum absolute atomic E-state index is 11.3. The third-order valence-corrected chi connectivity index (χ3v) is 2.03. The van der Waals surface area contributed by atoms with E-state index >= 15 is 0 Å². The second-order valence-corrected chi connectivity index (χ2v) is 3.40. The molecule has 4 nitrogen and oxygen atoms in total. The molecule has 0 saturated carbocycles. The van der Waals surface area contributed by atoms with E-state index in [1.807, 2.05) is 0 Å². The highest BCUT2D eigenvalue weighted by Gasteiger charge is 2.34. The molecule has 4 heteroatoms. The van der Waals surface area contributed by atoms with Crippen LogP contribution in [0.4, 0.5) is 0 Å². The summed E-state index contributed by atoms with van der Waals surface area (Å²) in [6.45, 7) is 4.58. The van der Waals surface area contributed by atoms with Crippen LogP contribution in [-0.2, 0) is 14.4 Å². The summed E-state index contributed by atoms with van der Waals surface area (Å²) >= 11 is 0. The average Bonchev–Trinajstić information content (AvgIpc) is 2.01. The lowest BCUT2D eigenvalue weighted by Crippen LogP contribution is -2.34. The lowest BCUT2D eigenvalue weighted by Gasteiger charge is -2.19. The monoisotopic (exact) mass is 186 g/mol. The van der Waals surface area contributed by atoms with Crippen molar-refractivity contribution in [1.82, 2.24) is 0 Å². The van der Waals surface area contributed by atoms with Gasteiger partial charge in [0.15, 0.2) is 5.78 Å². The second kappa shape index (κ2) is 4.16. The minimum atomic E-state index is -1.19. The molecule has 74 valence electrons. The Morgan fingerprint density at radius 3 is 1.92 bits per heavy atom. The zero-order valence-corrected chi connectivity index (χ0v) is 8.09. The van der Waals surface area contributed by atoms with Gasteiger partial charge in [0.05, 0.1) is 5.41 Å². The minimum Gasteiger partial charge on any atom is -0.481 e.